The minimum absolute atomic E-state index is 0.0145. The first-order chi connectivity index (χ1) is 12.0. The summed E-state index contributed by atoms with van der Waals surface area (Å²) in [6.45, 7) is 4.53. The number of amides is 1. The predicted octanol–water partition coefficient (Wildman–Crippen LogP) is 1.77. The van der Waals surface area contributed by atoms with Crippen LogP contribution < -0.4 is 4.74 Å². The van der Waals surface area contributed by atoms with Crippen molar-refractivity contribution >= 4 is 17.4 Å². The van der Waals surface area contributed by atoms with Crippen molar-refractivity contribution in [3.8, 4) is 5.75 Å². The normalized spacial score (nSPS) is 16.7. The van der Waals surface area contributed by atoms with Crippen LogP contribution in [0.4, 0.5) is 0 Å². The topological polar surface area (TPSA) is 85.3 Å². The Morgan fingerprint density at radius 1 is 1.28 bits per heavy atom. The number of aliphatic hydroxyl groups is 1. The van der Waals surface area contributed by atoms with Gasteiger partial charge in [-0.15, -0.1) is 0 Å². The number of hydrogen-bond donors (Lipinski definition) is 1. The summed E-state index contributed by atoms with van der Waals surface area (Å²) in [7, 11) is 1.58. The van der Waals surface area contributed by atoms with E-state index in [1.807, 2.05) is 13.8 Å². The number of ketones is 1. The highest BCUT2D eigenvalue weighted by Crippen LogP contribution is 2.26. The molecule has 0 aliphatic carbocycles. The summed E-state index contributed by atoms with van der Waals surface area (Å²) in [5.74, 6) is -0.707. The zero-order chi connectivity index (χ0) is 18.4. The highest BCUT2D eigenvalue weighted by molar-refractivity contribution is 6.28. The Labute approximate surface area is 146 Å². The molecule has 1 N–H and O–H groups in total. The molecule has 0 aromatic heterocycles. The van der Waals surface area contributed by atoms with Crippen LogP contribution in [0, 0.1) is 0 Å². The Bertz CT molecular complexity index is 667. The van der Waals surface area contributed by atoms with Crippen molar-refractivity contribution in [1.29, 1.82) is 0 Å². The molecule has 7 nitrogen and oxygen atoms in total. The molecule has 1 aliphatic heterocycles. The lowest BCUT2D eigenvalue weighted by Gasteiger charge is -2.18. The Balaban J connectivity index is 2.14. The van der Waals surface area contributed by atoms with Gasteiger partial charge in [0.1, 0.15) is 17.1 Å². The van der Waals surface area contributed by atoms with Gasteiger partial charge >= 0.3 is 0 Å². The first-order valence-corrected chi connectivity index (χ1v) is 8.03. The van der Waals surface area contributed by atoms with Crippen molar-refractivity contribution in [1.82, 2.24) is 4.90 Å². The van der Waals surface area contributed by atoms with Gasteiger partial charge in [-0.3, -0.25) is 9.59 Å². The summed E-state index contributed by atoms with van der Waals surface area (Å²) in [6, 6.07) is 6.42. The molecule has 7 heteroatoms. The second-order valence-electron chi connectivity index (χ2n) is 5.86. The summed E-state index contributed by atoms with van der Waals surface area (Å²) in [5, 5.41) is 10.4. The van der Waals surface area contributed by atoms with Gasteiger partial charge in [-0.25, -0.2) is 0 Å². The molecule has 0 atom stereocenters. The van der Waals surface area contributed by atoms with Crippen molar-refractivity contribution in [3.63, 3.8) is 0 Å². The van der Waals surface area contributed by atoms with Crippen molar-refractivity contribution in [2.45, 2.75) is 19.9 Å². The van der Waals surface area contributed by atoms with Gasteiger partial charge in [0.2, 0.25) is 0 Å². The first-order valence-electron chi connectivity index (χ1n) is 8.03. The summed E-state index contributed by atoms with van der Waals surface area (Å²) in [4.78, 5) is 25.9. The number of rotatable bonds is 8. The second-order valence-corrected chi connectivity index (χ2v) is 5.86. The van der Waals surface area contributed by atoms with E-state index in [-0.39, 0.29) is 36.5 Å². The molecule has 136 valence electrons. The standard InChI is InChI=1S/C18H23NO6/c1-12(2)19-10-15(20)16(18(19)22)17(21)13-5-4-6-14(9-13)25-11-24-8-7-23-3/h4-6,9,12,21H,7-8,10-11H2,1-3H3/b17-16-. The van der Waals surface area contributed by atoms with Crippen LogP contribution in [0.2, 0.25) is 0 Å². The van der Waals surface area contributed by atoms with Crippen molar-refractivity contribution in [2.75, 3.05) is 33.7 Å². The molecule has 1 fully saturated rings. The van der Waals surface area contributed by atoms with Crippen LogP contribution in [0.3, 0.4) is 0 Å². The van der Waals surface area contributed by atoms with E-state index in [9.17, 15) is 14.7 Å². The lowest BCUT2D eigenvalue weighted by molar-refractivity contribution is -0.126. The second kappa shape index (κ2) is 8.64. The van der Waals surface area contributed by atoms with E-state index in [1.54, 1.807) is 31.4 Å². The molecule has 1 saturated heterocycles. The molecule has 0 spiro atoms. The average molecular weight is 349 g/mol. The van der Waals surface area contributed by atoms with Gasteiger partial charge < -0.3 is 24.2 Å². The van der Waals surface area contributed by atoms with E-state index in [0.717, 1.165) is 0 Å². The van der Waals surface area contributed by atoms with Crippen molar-refractivity contribution < 1.29 is 28.9 Å². The SMILES string of the molecule is COCCOCOc1cccc(/C(O)=C2\C(=O)CN(C(C)C)C2=O)c1. The molecule has 1 aromatic carbocycles. The Morgan fingerprint density at radius 2 is 2.04 bits per heavy atom. The molecule has 0 unspecified atom stereocenters. The summed E-state index contributed by atoms with van der Waals surface area (Å²) >= 11 is 0. The number of benzene rings is 1. The lowest BCUT2D eigenvalue weighted by Crippen LogP contribution is -2.32. The molecule has 1 amide bonds. The van der Waals surface area contributed by atoms with Gasteiger partial charge in [-0.05, 0) is 26.0 Å². The van der Waals surface area contributed by atoms with E-state index >= 15 is 0 Å². The smallest absolute Gasteiger partial charge is 0.262 e. The summed E-state index contributed by atoms with van der Waals surface area (Å²) < 4.78 is 15.5. The molecule has 2 rings (SSSR count). The molecule has 25 heavy (non-hydrogen) atoms. The molecule has 1 heterocycles. The van der Waals surface area contributed by atoms with Crippen LogP contribution in [0.5, 0.6) is 5.75 Å². The number of methoxy groups -OCH3 is 1. The molecular formula is C18H23NO6. The maximum atomic E-state index is 12.4. The predicted molar refractivity (Wildman–Crippen MR) is 91.2 cm³/mol. The highest BCUT2D eigenvalue weighted by Gasteiger charge is 2.38. The molecule has 1 aromatic rings. The van der Waals surface area contributed by atoms with Crippen LogP contribution in [-0.2, 0) is 19.1 Å². The fourth-order valence-electron chi connectivity index (χ4n) is 2.41. The minimum Gasteiger partial charge on any atom is -0.506 e. The van der Waals surface area contributed by atoms with Crippen LogP contribution in [0.15, 0.2) is 29.8 Å². The third-order valence-corrected chi connectivity index (χ3v) is 3.78. The number of nitrogens with zero attached hydrogens (tertiary/aromatic N) is 1. The van der Waals surface area contributed by atoms with Gasteiger partial charge in [0.25, 0.3) is 5.91 Å². The quantitative estimate of drug-likeness (QED) is 0.253. The van der Waals surface area contributed by atoms with E-state index in [2.05, 4.69) is 0 Å². The Morgan fingerprint density at radius 3 is 2.68 bits per heavy atom. The van der Waals surface area contributed by atoms with Crippen LogP contribution in [0.1, 0.15) is 19.4 Å². The van der Waals surface area contributed by atoms with Gasteiger partial charge in [-0.2, -0.15) is 0 Å². The third kappa shape index (κ3) is 4.58. The Hall–Kier alpha value is -2.38. The number of Topliss-reactive ketones (excluding diaryl/α,β-unsaturated/α-hetero) is 1. The molecule has 1 aliphatic rings. The number of ether oxygens (including phenoxy) is 3. The summed E-state index contributed by atoms with van der Waals surface area (Å²) in [6.07, 6.45) is 0. The largest absolute Gasteiger partial charge is 0.506 e. The fraction of sp³-hybridized carbons (Fsp3) is 0.444. The number of carbonyl (C=O) groups is 2. The van der Waals surface area contributed by atoms with E-state index in [0.29, 0.717) is 24.5 Å². The number of hydrogen-bond acceptors (Lipinski definition) is 6. The maximum absolute atomic E-state index is 12.4. The van der Waals surface area contributed by atoms with Crippen LogP contribution in [0.25, 0.3) is 5.76 Å². The highest BCUT2D eigenvalue weighted by atomic mass is 16.7. The number of carbonyl (C=O) groups excluding carboxylic acids is 2. The van der Waals surface area contributed by atoms with E-state index < -0.39 is 5.91 Å². The van der Waals surface area contributed by atoms with E-state index in [1.165, 1.54) is 4.90 Å². The first kappa shape index (κ1) is 19.0. The maximum Gasteiger partial charge on any atom is 0.262 e. The van der Waals surface area contributed by atoms with Crippen molar-refractivity contribution in [3.05, 3.63) is 35.4 Å². The van der Waals surface area contributed by atoms with Gasteiger partial charge in [0, 0.05) is 18.7 Å². The van der Waals surface area contributed by atoms with Crippen molar-refractivity contribution in [2.24, 2.45) is 0 Å². The Kier molecular flexibility index (Phi) is 6.55. The number of likely N-dealkylation sites (tertiary alicyclic amines) is 1. The molecule has 0 bridgehead atoms. The average Bonchev–Trinajstić information content (AvgIpc) is 2.89. The third-order valence-electron chi connectivity index (χ3n) is 3.78. The molecule has 0 saturated carbocycles. The monoisotopic (exact) mass is 349 g/mol. The molecular weight excluding hydrogens is 326 g/mol. The van der Waals surface area contributed by atoms with Gasteiger partial charge in [0.05, 0.1) is 19.8 Å². The number of aliphatic hydroxyl groups excluding tert-OH is 1. The zero-order valence-corrected chi connectivity index (χ0v) is 14.7. The van der Waals surface area contributed by atoms with Gasteiger partial charge in [-0.1, -0.05) is 12.1 Å². The van der Waals surface area contributed by atoms with E-state index in [4.69, 9.17) is 14.2 Å². The fourth-order valence-corrected chi connectivity index (χ4v) is 2.41. The lowest BCUT2D eigenvalue weighted by atomic mass is 10.1. The van der Waals surface area contributed by atoms with Crippen LogP contribution in [-0.4, -0.2) is 61.4 Å². The zero-order valence-electron chi connectivity index (χ0n) is 14.7. The van der Waals surface area contributed by atoms with Gasteiger partial charge in [0.15, 0.2) is 12.6 Å². The molecule has 0 radical (unpaired) electrons. The minimum atomic E-state index is -0.452. The van der Waals surface area contributed by atoms with Crippen LogP contribution >= 0.6 is 0 Å². The summed E-state index contributed by atoms with van der Waals surface area (Å²) in [5.41, 5.74) is 0.166.